The number of anilines is 1. The Kier molecular flexibility index (Phi) is 7.23. The Balaban J connectivity index is 1.11. The summed E-state index contributed by atoms with van der Waals surface area (Å²) in [6, 6.07) is 5.32. The van der Waals surface area contributed by atoms with Crippen molar-refractivity contribution in [3.05, 3.63) is 74.7 Å². The van der Waals surface area contributed by atoms with Crippen molar-refractivity contribution < 1.29 is 27.6 Å². The van der Waals surface area contributed by atoms with Gasteiger partial charge < -0.3 is 15.1 Å². The smallest absolute Gasteiger partial charge is 0.282 e. The van der Waals surface area contributed by atoms with E-state index < -0.39 is 29.3 Å². The summed E-state index contributed by atoms with van der Waals surface area (Å²) in [5.41, 5.74) is -0.588. The maximum Gasteiger partial charge on any atom is 0.282 e. The summed E-state index contributed by atoms with van der Waals surface area (Å²) in [6.07, 6.45) is 2.33. The Morgan fingerprint density at radius 2 is 1.90 bits per heavy atom. The van der Waals surface area contributed by atoms with Crippen LogP contribution in [0.25, 0.3) is 0 Å². The highest BCUT2D eigenvalue weighted by Gasteiger charge is 2.59. The van der Waals surface area contributed by atoms with Gasteiger partial charge in [0.25, 0.3) is 18.2 Å². The molecule has 1 aromatic carbocycles. The second-order valence-electron chi connectivity index (χ2n) is 10.7. The molecule has 1 aliphatic carbocycles. The fourth-order valence-corrected chi connectivity index (χ4v) is 6.89. The summed E-state index contributed by atoms with van der Waals surface area (Å²) in [6.45, 7) is 0.748. The van der Waals surface area contributed by atoms with Crippen molar-refractivity contribution in [3.8, 4) is 0 Å². The fourth-order valence-electron chi connectivity index (χ4n) is 6.13. The lowest BCUT2D eigenvalue weighted by Crippen LogP contribution is -2.65. The molecular formula is C28H25ClF3N5O3S. The minimum atomic E-state index is -2.91. The van der Waals surface area contributed by atoms with Crippen LogP contribution in [0.15, 0.2) is 42.0 Å². The lowest BCUT2D eigenvalue weighted by atomic mass is 9.74. The minimum absolute atomic E-state index is 0.0959. The standard InChI is InChI=1S/C28H25ClF3N5O3S/c29-16-9-19(22(23(31)32)34-11-16)24(38)35-18-4-1-15(2-5-18)12-37-21-6-3-17(30)10-20(21)28(27(37)40)13-36(14-28)26(39)25-33-7-8-41-25/h3,6-11,15,18,23H,1-2,4-5,12-14H2,(H,35,38)/t15-,18-. The number of likely N-dealkylation sites (tertiary alicyclic amines) is 1. The summed E-state index contributed by atoms with van der Waals surface area (Å²) in [5.74, 6) is -1.36. The van der Waals surface area contributed by atoms with Gasteiger partial charge in [0.05, 0.1) is 10.6 Å². The van der Waals surface area contributed by atoms with E-state index in [0.29, 0.717) is 48.5 Å². The minimum Gasteiger partial charge on any atom is -0.349 e. The highest BCUT2D eigenvalue weighted by atomic mass is 35.5. The molecule has 1 saturated carbocycles. The van der Waals surface area contributed by atoms with E-state index in [1.165, 1.54) is 29.5 Å². The Labute approximate surface area is 242 Å². The van der Waals surface area contributed by atoms with Gasteiger partial charge in [-0.1, -0.05) is 11.6 Å². The molecule has 0 radical (unpaired) electrons. The lowest BCUT2D eigenvalue weighted by molar-refractivity contribution is -0.128. The zero-order valence-electron chi connectivity index (χ0n) is 21.7. The Morgan fingerprint density at radius 1 is 1.15 bits per heavy atom. The van der Waals surface area contributed by atoms with E-state index in [-0.39, 0.29) is 47.4 Å². The molecule has 41 heavy (non-hydrogen) atoms. The Morgan fingerprint density at radius 3 is 2.59 bits per heavy atom. The molecule has 2 aromatic heterocycles. The average Bonchev–Trinajstić information content (AvgIpc) is 3.54. The fraction of sp³-hybridized carbons (Fsp3) is 0.393. The van der Waals surface area contributed by atoms with Crippen LogP contribution < -0.4 is 10.2 Å². The van der Waals surface area contributed by atoms with Crippen LogP contribution >= 0.6 is 22.9 Å². The number of alkyl halides is 2. The molecule has 0 bridgehead atoms. The van der Waals surface area contributed by atoms with Gasteiger partial charge in [0, 0.05) is 49.1 Å². The summed E-state index contributed by atoms with van der Waals surface area (Å²) in [5, 5.41) is 4.98. The van der Waals surface area contributed by atoms with E-state index in [2.05, 4.69) is 15.3 Å². The summed E-state index contributed by atoms with van der Waals surface area (Å²) in [4.78, 5) is 50.3. The average molecular weight is 604 g/mol. The van der Waals surface area contributed by atoms with Gasteiger partial charge in [0.2, 0.25) is 5.91 Å². The number of thiazole rings is 1. The molecule has 4 heterocycles. The van der Waals surface area contributed by atoms with Crippen LogP contribution in [0, 0.1) is 11.7 Å². The van der Waals surface area contributed by atoms with Crippen LogP contribution in [0.1, 0.15) is 63.5 Å². The van der Waals surface area contributed by atoms with Crippen LogP contribution in [0.4, 0.5) is 18.9 Å². The molecule has 6 rings (SSSR count). The van der Waals surface area contributed by atoms with E-state index in [9.17, 15) is 27.6 Å². The quantitative estimate of drug-likeness (QED) is 0.428. The van der Waals surface area contributed by atoms with Gasteiger partial charge in [0.1, 0.15) is 16.9 Å². The van der Waals surface area contributed by atoms with Crippen molar-refractivity contribution in [2.45, 2.75) is 43.6 Å². The van der Waals surface area contributed by atoms with Crippen molar-refractivity contribution in [3.63, 3.8) is 0 Å². The summed E-state index contributed by atoms with van der Waals surface area (Å²) >= 11 is 7.12. The molecule has 3 aliphatic rings. The van der Waals surface area contributed by atoms with Gasteiger partial charge in [0.15, 0.2) is 5.01 Å². The molecule has 3 aromatic rings. The first-order chi connectivity index (χ1) is 19.7. The van der Waals surface area contributed by atoms with Crippen LogP contribution in [0.3, 0.4) is 0 Å². The largest absolute Gasteiger partial charge is 0.349 e. The highest BCUT2D eigenvalue weighted by molar-refractivity contribution is 7.11. The predicted molar refractivity (Wildman–Crippen MR) is 146 cm³/mol. The molecule has 2 fully saturated rings. The van der Waals surface area contributed by atoms with Gasteiger partial charge in [-0.15, -0.1) is 11.3 Å². The normalized spacial score (nSPS) is 21.2. The molecule has 3 amide bonds. The molecule has 0 unspecified atom stereocenters. The zero-order chi connectivity index (χ0) is 28.9. The molecule has 8 nitrogen and oxygen atoms in total. The number of halogens is 4. The number of pyridine rings is 1. The number of nitrogens with one attached hydrogen (secondary N) is 1. The number of fused-ring (bicyclic) bond motifs is 2. The van der Waals surface area contributed by atoms with Crippen LogP contribution in [-0.2, 0) is 10.2 Å². The molecular weight excluding hydrogens is 579 g/mol. The Bertz CT molecular complexity index is 1510. The molecule has 1 N–H and O–H groups in total. The predicted octanol–water partition coefficient (Wildman–Crippen LogP) is 5.00. The second kappa shape index (κ2) is 10.7. The number of benzene rings is 1. The third-order valence-electron chi connectivity index (χ3n) is 8.20. The number of hydrogen-bond donors (Lipinski definition) is 1. The molecule has 0 atom stereocenters. The van der Waals surface area contributed by atoms with E-state index in [4.69, 9.17) is 11.6 Å². The van der Waals surface area contributed by atoms with Crippen molar-refractivity contribution in [2.75, 3.05) is 24.5 Å². The third kappa shape index (κ3) is 4.97. The number of amides is 3. The lowest BCUT2D eigenvalue weighted by Gasteiger charge is -2.46. The molecule has 1 saturated heterocycles. The van der Waals surface area contributed by atoms with E-state index in [1.54, 1.807) is 27.4 Å². The second-order valence-corrected chi connectivity index (χ2v) is 12.1. The van der Waals surface area contributed by atoms with E-state index in [1.807, 2.05) is 0 Å². The SMILES string of the molecule is O=C(N[C@H]1CC[C@H](CN2C(=O)C3(CN(C(=O)c4nccs4)C3)c3cc(F)ccc32)CC1)c1cc(Cl)cnc1C(F)F. The third-order valence-corrected chi connectivity index (χ3v) is 9.17. The van der Waals surface area contributed by atoms with E-state index in [0.717, 1.165) is 6.20 Å². The number of nitrogens with zero attached hydrogens (tertiary/aromatic N) is 4. The van der Waals surface area contributed by atoms with Gasteiger partial charge in [-0.3, -0.25) is 19.4 Å². The summed E-state index contributed by atoms with van der Waals surface area (Å²) in [7, 11) is 0. The number of carbonyl (C=O) groups excluding carboxylic acids is 3. The molecule has 2 aliphatic heterocycles. The number of rotatable bonds is 6. The number of aromatic nitrogens is 2. The number of carbonyl (C=O) groups is 3. The van der Waals surface area contributed by atoms with Crippen molar-refractivity contribution >= 4 is 46.3 Å². The van der Waals surface area contributed by atoms with Gasteiger partial charge in [-0.2, -0.15) is 0 Å². The van der Waals surface area contributed by atoms with Crippen LogP contribution in [-0.4, -0.2) is 58.3 Å². The monoisotopic (exact) mass is 603 g/mol. The summed E-state index contributed by atoms with van der Waals surface area (Å²) < 4.78 is 41.0. The first kappa shape index (κ1) is 27.6. The van der Waals surface area contributed by atoms with Gasteiger partial charge in [-0.05, 0) is 61.4 Å². The van der Waals surface area contributed by atoms with Crippen molar-refractivity contribution in [1.82, 2.24) is 20.2 Å². The van der Waals surface area contributed by atoms with Gasteiger partial charge >= 0.3 is 0 Å². The van der Waals surface area contributed by atoms with E-state index >= 15 is 0 Å². The Hall–Kier alpha value is -3.51. The topological polar surface area (TPSA) is 95.5 Å². The van der Waals surface area contributed by atoms with Crippen LogP contribution in [0.5, 0.6) is 0 Å². The zero-order valence-corrected chi connectivity index (χ0v) is 23.2. The van der Waals surface area contributed by atoms with Crippen molar-refractivity contribution in [1.29, 1.82) is 0 Å². The number of hydrogen-bond acceptors (Lipinski definition) is 6. The van der Waals surface area contributed by atoms with Gasteiger partial charge in [-0.25, -0.2) is 18.2 Å². The molecule has 214 valence electrons. The molecule has 1 spiro atoms. The highest BCUT2D eigenvalue weighted by Crippen LogP contribution is 2.48. The first-order valence-corrected chi connectivity index (χ1v) is 14.5. The van der Waals surface area contributed by atoms with Crippen molar-refractivity contribution in [2.24, 2.45) is 5.92 Å². The maximum absolute atomic E-state index is 14.3. The van der Waals surface area contributed by atoms with Crippen LogP contribution in [0.2, 0.25) is 5.02 Å². The molecule has 13 heteroatoms. The first-order valence-electron chi connectivity index (χ1n) is 13.2. The maximum atomic E-state index is 14.3.